The summed E-state index contributed by atoms with van der Waals surface area (Å²) in [5.74, 6) is 1.02. The van der Waals surface area contributed by atoms with Gasteiger partial charge in [0.15, 0.2) is 23.3 Å². The molecule has 3 rings (SSSR count). The third-order valence-electron chi connectivity index (χ3n) is 4.30. The van der Waals surface area contributed by atoms with Gasteiger partial charge in [0.1, 0.15) is 5.75 Å². The molecule has 10 heteroatoms. The van der Waals surface area contributed by atoms with Crippen molar-refractivity contribution in [2.24, 2.45) is 4.99 Å². The molecule has 0 radical (unpaired) electrons. The first kappa shape index (κ1) is 25.9. The monoisotopic (exact) mass is 596 g/mol. The van der Waals surface area contributed by atoms with E-state index in [0.717, 1.165) is 14.9 Å². The zero-order chi connectivity index (χ0) is 24.5. The van der Waals surface area contributed by atoms with E-state index in [1.165, 1.54) is 11.8 Å². The maximum atomic E-state index is 12.5. The van der Waals surface area contributed by atoms with Gasteiger partial charge in [-0.2, -0.15) is 0 Å². The molecule has 2 aromatic rings. The van der Waals surface area contributed by atoms with E-state index in [4.69, 9.17) is 18.9 Å². The average Bonchev–Trinajstić information content (AvgIpc) is 3.13. The highest BCUT2D eigenvalue weighted by molar-refractivity contribution is 14.1. The van der Waals surface area contributed by atoms with Crippen LogP contribution in [0.2, 0.25) is 0 Å². The van der Waals surface area contributed by atoms with E-state index >= 15 is 0 Å². The summed E-state index contributed by atoms with van der Waals surface area (Å²) in [5.41, 5.74) is 1.47. The molecule has 34 heavy (non-hydrogen) atoms. The molecular formula is C24H25IN2O6S. The van der Waals surface area contributed by atoms with Crippen molar-refractivity contribution in [2.75, 3.05) is 26.4 Å². The molecule has 0 saturated carbocycles. The van der Waals surface area contributed by atoms with E-state index in [1.54, 1.807) is 19.1 Å². The summed E-state index contributed by atoms with van der Waals surface area (Å²) in [4.78, 5) is 29.2. The molecule has 1 aliphatic rings. The third kappa shape index (κ3) is 7.13. The zero-order valence-corrected chi connectivity index (χ0v) is 22.0. The van der Waals surface area contributed by atoms with E-state index in [1.807, 2.05) is 44.2 Å². The van der Waals surface area contributed by atoms with Gasteiger partial charge >= 0.3 is 5.97 Å². The predicted molar refractivity (Wildman–Crippen MR) is 141 cm³/mol. The Hall–Kier alpha value is -2.73. The Balaban J connectivity index is 1.78. The second kappa shape index (κ2) is 12.7. The molecule has 0 bridgehead atoms. The minimum Gasteiger partial charge on any atom is -0.494 e. The molecule has 1 saturated heterocycles. The Bertz CT molecular complexity index is 1100. The van der Waals surface area contributed by atoms with Crippen molar-refractivity contribution >= 4 is 63.2 Å². The van der Waals surface area contributed by atoms with Crippen LogP contribution in [0.1, 0.15) is 26.3 Å². The van der Waals surface area contributed by atoms with Crippen LogP contribution in [-0.4, -0.2) is 43.5 Å². The highest BCUT2D eigenvalue weighted by Gasteiger charge is 2.24. The molecule has 1 heterocycles. The summed E-state index contributed by atoms with van der Waals surface area (Å²) < 4.78 is 22.5. The van der Waals surface area contributed by atoms with E-state index in [9.17, 15) is 9.59 Å². The number of thioether (sulfide) groups is 1. The molecule has 0 spiro atoms. The second-order valence-electron chi connectivity index (χ2n) is 6.77. The lowest BCUT2D eigenvalue weighted by atomic mass is 10.2. The maximum Gasteiger partial charge on any atom is 0.344 e. The van der Waals surface area contributed by atoms with Crippen LogP contribution in [0.3, 0.4) is 0 Å². The number of halogens is 1. The summed E-state index contributed by atoms with van der Waals surface area (Å²) in [7, 11) is 0. The number of benzene rings is 2. The number of carbonyl (C=O) groups excluding carboxylic acids is 2. The summed E-state index contributed by atoms with van der Waals surface area (Å²) in [5, 5.41) is 3.28. The minimum absolute atomic E-state index is 0.214. The van der Waals surface area contributed by atoms with Crippen molar-refractivity contribution in [1.82, 2.24) is 5.32 Å². The lowest BCUT2D eigenvalue weighted by molar-refractivity contribution is -0.145. The quantitative estimate of drug-likeness (QED) is 0.236. The zero-order valence-electron chi connectivity index (χ0n) is 19.1. The molecule has 1 aliphatic heterocycles. The summed E-state index contributed by atoms with van der Waals surface area (Å²) in [6.07, 6.45) is 1.76. The minimum atomic E-state index is -0.453. The average molecular weight is 596 g/mol. The predicted octanol–water partition coefficient (Wildman–Crippen LogP) is 4.92. The Morgan fingerprint density at radius 3 is 2.47 bits per heavy atom. The van der Waals surface area contributed by atoms with Crippen LogP contribution < -0.4 is 19.5 Å². The molecule has 0 aliphatic carbocycles. The number of hydrogen-bond acceptors (Lipinski definition) is 8. The SMILES string of the molecule is CCOC(=O)COc1c(I)cc(/C=C2/SC(=Nc3ccc(OCC)cc3)NC2=O)cc1OCC. The Morgan fingerprint density at radius 1 is 1.06 bits per heavy atom. The number of rotatable bonds is 10. The van der Waals surface area contributed by atoms with Gasteiger partial charge in [-0.05, 0) is 103 Å². The topological polar surface area (TPSA) is 95.5 Å². The molecule has 1 amide bonds. The van der Waals surface area contributed by atoms with E-state index in [2.05, 4.69) is 32.9 Å². The molecule has 8 nitrogen and oxygen atoms in total. The van der Waals surface area contributed by atoms with E-state index in [0.29, 0.717) is 40.5 Å². The van der Waals surface area contributed by atoms with Crippen LogP contribution in [0, 0.1) is 3.57 Å². The van der Waals surface area contributed by atoms with Gasteiger partial charge in [0.2, 0.25) is 0 Å². The number of carbonyl (C=O) groups is 2. The molecule has 2 aromatic carbocycles. The second-order valence-corrected chi connectivity index (χ2v) is 8.96. The maximum absolute atomic E-state index is 12.5. The lowest BCUT2D eigenvalue weighted by Crippen LogP contribution is -2.19. The number of hydrogen-bond donors (Lipinski definition) is 1. The third-order valence-corrected chi connectivity index (χ3v) is 6.01. The Morgan fingerprint density at radius 2 is 1.79 bits per heavy atom. The van der Waals surface area contributed by atoms with Crippen LogP contribution in [-0.2, 0) is 14.3 Å². The Labute approximate surface area is 216 Å². The summed E-state index contributed by atoms with van der Waals surface area (Å²) in [6.45, 7) is 6.60. The summed E-state index contributed by atoms with van der Waals surface area (Å²) in [6, 6.07) is 11.0. The van der Waals surface area contributed by atoms with Crippen molar-refractivity contribution in [3.05, 3.63) is 50.4 Å². The normalized spacial score (nSPS) is 15.4. The van der Waals surface area contributed by atoms with Gasteiger partial charge in [-0.1, -0.05) is 0 Å². The van der Waals surface area contributed by atoms with E-state index < -0.39 is 5.97 Å². The van der Waals surface area contributed by atoms with Crippen LogP contribution in [0.15, 0.2) is 46.3 Å². The summed E-state index contributed by atoms with van der Waals surface area (Å²) >= 11 is 3.37. The number of aliphatic imine (C=N–C) groups is 1. The van der Waals surface area contributed by atoms with Crippen LogP contribution in [0.25, 0.3) is 6.08 Å². The smallest absolute Gasteiger partial charge is 0.344 e. The molecular weight excluding hydrogens is 571 g/mol. The van der Waals surface area contributed by atoms with Crippen LogP contribution >= 0.6 is 34.4 Å². The van der Waals surface area contributed by atoms with Gasteiger partial charge in [0, 0.05) is 0 Å². The van der Waals surface area contributed by atoms with Crippen molar-refractivity contribution in [1.29, 1.82) is 0 Å². The molecule has 0 aromatic heterocycles. The van der Waals surface area contributed by atoms with Gasteiger partial charge in [0.05, 0.1) is 34.0 Å². The first-order chi connectivity index (χ1) is 16.4. The first-order valence-electron chi connectivity index (χ1n) is 10.7. The molecule has 0 atom stereocenters. The fraction of sp³-hybridized carbons (Fsp3) is 0.292. The lowest BCUT2D eigenvalue weighted by Gasteiger charge is -2.14. The highest BCUT2D eigenvalue weighted by atomic mass is 127. The molecule has 1 fully saturated rings. The standard InChI is InChI=1S/C24H25IN2O6S/c1-4-30-17-9-7-16(8-10-17)26-24-27-23(29)20(34-24)13-15-11-18(25)22(19(12-15)31-5-2)33-14-21(28)32-6-3/h7-13H,4-6,14H2,1-3H3,(H,26,27,29)/b20-13+. The number of ether oxygens (including phenoxy) is 4. The largest absolute Gasteiger partial charge is 0.494 e. The fourth-order valence-electron chi connectivity index (χ4n) is 2.94. The number of esters is 1. The van der Waals surface area contributed by atoms with Crippen molar-refractivity contribution in [3.8, 4) is 17.2 Å². The van der Waals surface area contributed by atoms with Crippen molar-refractivity contribution in [2.45, 2.75) is 20.8 Å². The number of nitrogens with zero attached hydrogens (tertiary/aromatic N) is 1. The van der Waals surface area contributed by atoms with E-state index in [-0.39, 0.29) is 19.1 Å². The fourth-order valence-corrected chi connectivity index (χ4v) is 4.56. The first-order valence-corrected chi connectivity index (χ1v) is 12.6. The van der Waals surface area contributed by atoms with Gasteiger partial charge in [-0.25, -0.2) is 9.79 Å². The van der Waals surface area contributed by atoms with Crippen molar-refractivity contribution in [3.63, 3.8) is 0 Å². The number of amides is 1. The van der Waals surface area contributed by atoms with Gasteiger partial charge in [-0.15, -0.1) is 0 Å². The Kier molecular flexibility index (Phi) is 9.63. The molecule has 180 valence electrons. The molecule has 0 unspecified atom stereocenters. The number of nitrogens with one attached hydrogen (secondary N) is 1. The van der Waals surface area contributed by atoms with Gasteiger partial charge < -0.3 is 24.3 Å². The van der Waals surface area contributed by atoms with Gasteiger partial charge in [0.25, 0.3) is 5.91 Å². The highest BCUT2D eigenvalue weighted by Crippen LogP contribution is 2.36. The van der Waals surface area contributed by atoms with Crippen molar-refractivity contribution < 1.29 is 28.5 Å². The van der Waals surface area contributed by atoms with Crippen LogP contribution in [0.5, 0.6) is 17.2 Å². The number of amidine groups is 1. The van der Waals surface area contributed by atoms with Gasteiger partial charge in [-0.3, -0.25) is 4.79 Å². The molecule has 1 N–H and O–H groups in total. The van der Waals surface area contributed by atoms with Crippen LogP contribution in [0.4, 0.5) is 5.69 Å².